The number of nitrogens with two attached hydrogens (primary N) is 1. The van der Waals surface area contributed by atoms with Crippen LogP contribution in [0.15, 0.2) is 42.5 Å². The van der Waals surface area contributed by atoms with Crippen molar-refractivity contribution >= 4 is 67.7 Å². The summed E-state index contributed by atoms with van der Waals surface area (Å²) in [5, 5.41) is 9.69. The topological polar surface area (TPSA) is 186 Å². The molecule has 2 unspecified atom stereocenters. The van der Waals surface area contributed by atoms with E-state index in [4.69, 9.17) is 41.3 Å². The highest BCUT2D eigenvalue weighted by molar-refractivity contribution is 6.05. The fourth-order valence-electron chi connectivity index (χ4n) is 14.0. The molecule has 7 aliphatic rings. The van der Waals surface area contributed by atoms with Crippen molar-refractivity contribution in [1.82, 2.24) is 39.8 Å². The average molecular weight is 1080 g/mol. The predicted octanol–water partition coefficient (Wildman–Crippen LogP) is 8.41. The van der Waals surface area contributed by atoms with Crippen molar-refractivity contribution < 1.29 is 37.4 Å². The van der Waals surface area contributed by atoms with Gasteiger partial charge < -0.3 is 34.6 Å². The number of pyridine rings is 1. The molecule has 0 saturated carbocycles. The lowest BCUT2D eigenvalue weighted by molar-refractivity contribution is -0.134. The van der Waals surface area contributed by atoms with Crippen molar-refractivity contribution in [2.45, 2.75) is 107 Å². The van der Waals surface area contributed by atoms with Gasteiger partial charge in [-0.3, -0.25) is 24.5 Å². The van der Waals surface area contributed by atoms with E-state index in [1.54, 1.807) is 18.2 Å². The van der Waals surface area contributed by atoms with Crippen LogP contribution in [-0.4, -0.2) is 137 Å². The third-order valence-corrected chi connectivity index (χ3v) is 18.1. The Bertz CT molecular complexity index is 3390. The number of aromatic nitrogens is 5. The second-order valence-corrected chi connectivity index (χ2v) is 22.8. The third kappa shape index (κ3) is 10.0. The number of carbonyl (C=O) groups excluding carboxylic acids is 3. The highest BCUT2D eigenvalue weighted by Crippen LogP contribution is 2.44. The number of terminal acetylenes is 1. The van der Waals surface area contributed by atoms with Crippen LogP contribution < -0.4 is 25.6 Å². The van der Waals surface area contributed by atoms with Crippen molar-refractivity contribution in [1.29, 1.82) is 0 Å². The van der Waals surface area contributed by atoms with Crippen molar-refractivity contribution in [3.8, 4) is 29.6 Å². The molecule has 6 saturated heterocycles. The molecule has 3 aromatic carbocycles. The minimum Gasteiger partial charge on any atom is -0.461 e. The van der Waals surface area contributed by atoms with Gasteiger partial charge in [0.25, 0.3) is 0 Å². The van der Waals surface area contributed by atoms with E-state index >= 15 is 4.39 Å². The third-order valence-electron chi connectivity index (χ3n) is 18.1. The molecule has 0 radical (unpaired) electrons. The van der Waals surface area contributed by atoms with Crippen molar-refractivity contribution in [3.63, 3.8) is 0 Å². The van der Waals surface area contributed by atoms with Crippen molar-refractivity contribution in [3.05, 3.63) is 71.1 Å². The molecule has 3 aromatic heterocycles. The number of hydrogen-bond donors (Lipinski definition) is 2. The summed E-state index contributed by atoms with van der Waals surface area (Å²) in [5.74, 6) is 2.49. The molecule has 3 amide bonds. The number of fused-ring (bicyclic) bond motifs is 5. The molecule has 10 heterocycles. The largest absolute Gasteiger partial charge is 0.461 e. The van der Waals surface area contributed by atoms with Crippen LogP contribution in [0.3, 0.4) is 0 Å². The van der Waals surface area contributed by atoms with E-state index in [9.17, 15) is 18.8 Å². The summed E-state index contributed by atoms with van der Waals surface area (Å²) in [4.78, 5) is 59.2. The molecule has 13 rings (SSSR count). The first-order valence-electron chi connectivity index (χ1n) is 28.4. The molecule has 7 aliphatic heterocycles. The van der Waals surface area contributed by atoms with E-state index in [0.29, 0.717) is 83.9 Å². The molecule has 79 heavy (non-hydrogen) atoms. The summed E-state index contributed by atoms with van der Waals surface area (Å²) in [7, 11) is 3.37. The molecule has 17 nitrogen and oxygen atoms in total. The van der Waals surface area contributed by atoms with E-state index in [2.05, 4.69) is 49.2 Å². The maximum absolute atomic E-state index is 17.0. The standard InChI is InChI=1S/C34H34F2N6O2.C26H35N5O4/c1-2-23-25(35)8-6-20-16-21(37)17-24(27(20)23)30-29(36)31-28-26(38-30)9-7-22-18-43-15-5-14-42(22)32(28)40-33(39-31)44-19-34-10-3-12-41(34)13-4-11-34;1-29-22-16-19(3-4-20(22)24(28-29)21-5-6-23(32)27-25(21)33)30-11-7-17(8-12-30)15-18-9-13-31(14-10-18)26(34)35-2/h1,6,8,16-17,22H,3-5,7,9-15,18-19,37H2;3-4,16-18,21H,5-15H2,1-2H3,(H,27,32,33). The van der Waals surface area contributed by atoms with E-state index in [1.165, 1.54) is 38.1 Å². The van der Waals surface area contributed by atoms with Gasteiger partial charge in [0.2, 0.25) is 11.8 Å². The zero-order chi connectivity index (χ0) is 54.5. The van der Waals surface area contributed by atoms with E-state index < -0.39 is 11.6 Å². The average Bonchev–Trinajstić information content (AvgIpc) is 4.29. The first-order chi connectivity index (χ1) is 38.4. The van der Waals surface area contributed by atoms with Crippen LogP contribution in [0.25, 0.3) is 43.8 Å². The fourth-order valence-corrected chi connectivity index (χ4v) is 14.0. The molecule has 0 bridgehead atoms. The lowest BCUT2D eigenvalue weighted by Crippen LogP contribution is -2.43. The molecular formula is C60H69F2N11O6. The number of likely N-dealkylation sites (tertiary alicyclic amines) is 1. The smallest absolute Gasteiger partial charge is 0.409 e. The summed E-state index contributed by atoms with van der Waals surface area (Å²) < 4.78 is 51.0. The van der Waals surface area contributed by atoms with Crippen LogP contribution in [0, 0.1) is 35.8 Å². The van der Waals surface area contributed by atoms with Gasteiger partial charge in [-0.1, -0.05) is 12.0 Å². The Morgan fingerprint density at radius 1 is 0.899 bits per heavy atom. The molecule has 6 aromatic rings. The van der Waals surface area contributed by atoms with Crippen LogP contribution in [0.4, 0.5) is 30.8 Å². The summed E-state index contributed by atoms with van der Waals surface area (Å²) >= 11 is 0. The van der Waals surface area contributed by atoms with Crippen LogP contribution >= 0.6 is 0 Å². The number of rotatable bonds is 8. The van der Waals surface area contributed by atoms with Gasteiger partial charge in [0.1, 0.15) is 29.5 Å². The number of amides is 3. The van der Waals surface area contributed by atoms with Gasteiger partial charge in [-0.2, -0.15) is 15.1 Å². The van der Waals surface area contributed by atoms with Crippen molar-refractivity contribution in [2.24, 2.45) is 18.9 Å². The monoisotopic (exact) mass is 1080 g/mol. The Kier molecular flexibility index (Phi) is 14.5. The maximum Gasteiger partial charge on any atom is 0.409 e. The van der Waals surface area contributed by atoms with E-state index in [-0.39, 0.29) is 58.2 Å². The molecule has 6 fully saturated rings. The van der Waals surface area contributed by atoms with Gasteiger partial charge in [0, 0.05) is 80.5 Å². The zero-order valence-electron chi connectivity index (χ0n) is 45.2. The van der Waals surface area contributed by atoms with Crippen LogP contribution in [0.2, 0.25) is 0 Å². The van der Waals surface area contributed by atoms with Crippen LogP contribution in [0.1, 0.15) is 106 Å². The molecule has 19 heteroatoms. The number of benzene rings is 3. The highest BCUT2D eigenvalue weighted by atomic mass is 19.1. The maximum atomic E-state index is 17.0. The number of imide groups is 1. The van der Waals surface area contributed by atoms with E-state index in [0.717, 1.165) is 120 Å². The summed E-state index contributed by atoms with van der Waals surface area (Å²) in [6, 6.07) is 12.8. The Morgan fingerprint density at radius 2 is 1.67 bits per heavy atom. The van der Waals surface area contributed by atoms with Gasteiger partial charge >= 0.3 is 12.1 Å². The summed E-state index contributed by atoms with van der Waals surface area (Å²) in [6.45, 7) is 8.23. The number of nitrogens with one attached hydrogen (secondary N) is 1. The summed E-state index contributed by atoms with van der Waals surface area (Å²) in [6.07, 6.45) is 18.8. The molecule has 414 valence electrons. The van der Waals surface area contributed by atoms with E-state index in [1.807, 2.05) is 16.6 Å². The number of methoxy groups -OCH3 is 1. The highest BCUT2D eigenvalue weighted by Gasteiger charge is 2.45. The molecule has 2 atom stereocenters. The Balaban J connectivity index is 0.000000162. The minimum absolute atomic E-state index is 0.0191. The quantitative estimate of drug-likeness (QED) is 0.0841. The zero-order valence-corrected chi connectivity index (χ0v) is 45.2. The molecule has 3 N–H and O–H groups in total. The number of piperidine rings is 3. The number of ether oxygens (including phenoxy) is 3. The number of aryl methyl sites for hydroxylation is 2. The second-order valence-electron chi connectivity index (χ2n) is 22.8. The van der Waals surface area contributed by atoms with Gasteiger partial charge in [0.05, 0.1) is 59.1 Å². The Morgan fingerprint density at radius 3 is 2.42 bits per heavy atom. The minimum atomic E-state index is -0.637. The number of nitrogen functional groups attached to an aromatic ring is 1. The van der Waals surface area contributed by atoms with Crippen LogP contribution in [0.5, 0.6) is 6.01 Å². The molecule has 0 aliphatic carbocycles. The number of nitrogens with zero attached hydrogens (tertiary/aromatic N) is 9. The Labute approximate surface area is 458 Å². The lowest BCUT2D eigenvalue weighted by Gasteiger charge is -2.37. The van der Waals surface area contributed by atoms with Gasteiger partial charge in [-0.15, -0.1) is 6.42 Å². The molecule has 0 spiro atoms. The Hall–Kier alpha value is -7.17. The normalized spacial score (nSPS) is 21.7. The van der Waals surface area contributed by atoms with Crippen molar-refractivity contribution in [2.75, 3.05) is 88.3 Å². The van der Waals surface area contributed by atoms with Crippen LogP contribution in [-0.2, 0) is 32.5 Å². The SMILES string of the molecule is C#Cc1c(F)ccc2cc(N)cc(-c3nc4c5c(nc(OCC67CCCN6CCC7)nc5c3F)N3CCCOCC3CC4)c12.COC(=O)N1CCC(CC2CCN(c3ccc4c(C5CCC(=O)NC5=O)nn(C)c4c3)CC2)CC1. The predicted molar refractivity (Wildman–Crippen MR) is 298 cm³/mol. The number of hydrogen-bond acceptors (Lipinski definition) is 14. The van der Waals surface area contributed by atoms with Gasteiger partial charge in [0.15, 0.2) is 5.82 Å². The first kappa shape index (κ1) is 52.5. The van der Waals surface area contributed by atoms with Gasteiger partial charge in [-0.25, -0.2) is 18.6 Å². The lowest BCUT2D eigenvalue weighted by atomic mass is 9.83. The second kappa shape index (κ2) is 21.8. The summed E-state index contributed by atoms with van der Waals surface area (Å²) in [5.41, 5.74) is 10.8. The number of halogens is 2. The van der Waals surface area contributed by atoms with Gasteiger partial charge in [-0.05, 0) is 150 Å². The molecular weight excluding hydrogens is 1010 g/mol. The number of anilines is 3. The fraction of sp³-hybridized carbons (Fsp3) is 0.517. The number of carbonyl (C=O) groups is 3. The first-order valence-corrected chi connectivity index (χ1v) is 28.4.